The van der Waals surface area contributed by atoms with E-state index in [0.717, 1.165) is 10.9 Å². The number of amides is 1. The van der Waals surface area contributed by atoms with E-state index in [0.29, 0.717) is 54.9 Å². The first-order valence-corrected chi connectivity index (χ1v) is 14.0. The van der Waals surface area contributed by atoms with E-state index in [9.17, 15) is 22.8 Å². The molecule has 0 unspecified atom stereocenters. The molecule has 0 saturated carbocycles. The molecule has 1 saturated heterocycles. The lowest BCUT2D eigenvalue weighted by Gasteiger charge is -2.34. The van der Waals surface area contributed by atoms with Crippen LogP contribution < -0.4 is 19.9 Å². The second-order valence-electron chi connectivity index (χ2n) is 9.73. The van der Waals surface area contributed by atoms with Crippen molar-refractivity contribution < 1.29 is 32.2 Å². The van der Waals surface area contributed by atoms with Gasteiger partial charge in [0.15, 0.2) is 11.3 Å². The number of nitrogens with zero attached hydrogens (tertiary/aromatic N) is 6. The Morgan fingerprint density at radius 2 is 1.74 bits per heavy atom. The van der Waals surface area contributed by atoms with E-state index in [1.54, 1.807) is 36.1 Å². The number of rotatable bonds is 12. The molecule has 1 aromatic carbocycles. The average molecular weight is 625 g/mol. The molecule has 3 aromatic rings. The zero-order valence-electron chi connectivity index (χ0n) is 23.7. The Morgan fingerprint density at radius 3 is 2.35 bits per heavy atom. The van der Waals surface area contributed by atoms with Gasteiger partial charge in [-0.1, -0.05) is 30.7 Å². The molecule has 4 rings (SSSR count). The highest BCUT2D eigenvalue weighted by Crippen LogP contribution is 2.33. The van der Waals surface area contributed by atoms with E-state index >= 15 is 0 Å². The zero-order valence-corrected chi connectivity index (χ0v) is 24.5. The van der Waals surface area contributed by atoms with E-state index < -0.39 is 29.2 Å². The van der Waals surface area contributed by atoms with Crippen molar-refractivity contribution in [3.63, 3.8) is 0 Å². The number of hydrogen-bond acceptors (Lipinski definition) is 9. The minimum atomic E-state index is -4.97. The molecule has 0 radical (unpaired) electrons. The summed E-state index contributed by atoms with van der Waals surface area (Å²) in [5.74, 6) is 0.348. The summed E-state index contributed by atoms with van der Waals surface area (Å²) in [6.07, 6.45) is -1.42. The number of halogens is 4. The quantitative estimate of drug-likeness (QED) is 0.279. The minimum Gasteiger partial charge on any atom is -0.497 e. The molecular weight excluding hydrogens is 593 g/mol. The van der Waals surface area contributed by atoms with Crippen LogP contribution >= 0.6 is 11.6 Å². The molecule has 2 aromatic heterocycles. The first kappa shape index (κ1) is 32.0. The standard InChI is InChI=1S/C28H32ClF3N6O5/c1-3-21(18-42-13-8-24(39)36-9-11-37(12-10-36)27-33-14-20(29)15-34-27)43-23-16-35-38(26(40)25(23)28(30,31)32)17-19-4-6-22(41-2)7-5-19/h4-7,14-16,21H,3,8-13,17-18H2,1-2H3/t21-/m0/s1. The van der Waals surface area contributed by atoms with Crippen molar-refractivity contribution in [2.75, 3.05) is 51.4 Å². The van der Waals surface area contributed by atoms with Gasteiger partial charge >= 0.3 is 6.18 Å². The Hall–Kier alpha value is -3.91. The number of ether oxygens (including phenoxy) is 3. The van der Waals surface area contributed by atoms with Gasteiger partial charge in [-0.3, -0.25) is 9.59 Å². The van der Waals surface area contributed by atoms with Crippen molar-refractivity contribution >= 4 is 23.5 Å². The van der Waals surface area contributed by atoms with Crippen molar-refractivity contribution in [1.82, 2.24) is 24.6 Å². The number of benzene rings is 1. The minimum absolute atomic E-state index is 0.0625. The van der Waals surface area contributed by atoms with Crippen molar-refractivity contribution in [2.45, 2.75) is 38.6 Å². The van der Waals surface area contributed by atoms with Crippen LogP contribution in [0.4, 0.5) is 19.1 Å². The predicted octanol–water partition coefficient (Wildman–Crippen LogP) is 3.68. The van der Waals surface area contributed by atoms with Crippen LogP contribution in [0.25, 0.3) is 0 Å². The maximum Gasteiger partial charge on any atom is 0.425 e. The lowest BCUT2D eigenvalue weighted by Crippen LogP contribution is -2.49. The smallest absolute Gasteiger partial charge is 0.425 e. The van der Waals surface area contributed by atoms with Gasteiger partial charge in [0.25, 0.3) is 5.56 Å². The highest BCUT2D eigenvalue weighted by atomic mass is 35.5. The Bertz CT molecular complexity index is 1410. The Kier molecular flexibility index (Phi) is 10.8. The number of carbonyl (C=O) groups is 1. The highest BCUT2D eigenvalue weighted by Gasteiger charge is 2.39. The number of methoxy groups -OCH3 is 1. The largest absolute Gasteiger partial charge is 0.497 e. The van der Waals surface area contributed by atoms with Crippen LogP contribution in [0.15, 0.2) is 47.7 Å². The van der Waals surface area contributed by atoms with E-state index in [1.165, 1.54) is 19.5 Å². The molecule has 1 aliphatic rings. The van der Waals surface area contributed by atoms with Crippen LogP contribution in [0, 0.1) is 0 Å². The predicted molar refractivity (Wildman–Crippen MR) is 152 cm³/mol. The molecule has 1 amide bonds. The summed E-state index contributed by atoms with van der Waals surface area (Å²) < 4.78 is 58.9. The zero-order chi connectivity index (χ0) is 31.0. The van der Waals surface area contributed by atoms with E-state index in [1.807, 2.05) is 4.90 Å². The number of alkyl halides is 3. The lowest BCUT2D eigenvalue weighted by atomic mass is 10.2. The van der Waals surface area contributed by atoms with Crippen molar-refractivity contribution in [2.24, 2.45) is 0 Å². The molecule has 1 aliphatic heterocycles. The summed E-state index contributed by atoms with van der Waals surface area (Å²) in [6.45, 7) is 3.65. The molecule has 43 heavy (non-hydrogen) atoms. The molecule has 1 atom stereocenters. The molecule has 15 heteroatoms. The van der Waals surface area contributed by atoms with Gasteiger partial charge in [0.1, 0.15) is 11.9 Å². The first-order valence-electron chi connectivity index (χ1n) is 13.6. The summed E-state index contributed by atoms with van der Waals surface area (Å²) in [6, 6.07) is 6.55. The molecule has 0 bridgehead atoms. The SMILES string of the molecule is CC[C@@H](COCCC(=O)N1CCN(c2ncc(Cl)cn2)CC1)Oc1cnn(Cc2ccc(OC)cc2)c(=O)c1C(F)(F)F. The van der Waals surface area contributed by atoms with Gasteiger partial charge in [-0.2, -0.15) is 18.3 Å². The van der Waals surface area contributed by atoms with Crippen molar-refractivity contribution in [1.29, 1.82) is 0 Å². The average Bonchev–Trinajstić information content (AvgIpc) is 3.00. The number of anilines is 1. The van der Waals surface area contributed by atoms with Crippen LogP contribution in [-0.4, -0.2) is 83.2 Å². The number of carbonyl (C=O) groups excluding carboxylic acids is 1. The number of hydrogen-bond donors (Lipinski definition) is 0. The van der Waals surface area contributed by atoms with Crippen LogP contribution in [0.2, 0.25) is 5.02 Å². The summed E-state index contributed by atoms with van der Waals surface area (Å²) >= 11 is 5.83. The Labute approximate surface area is 251 Å². The van der Waals surface area contributed by atoms with Gasteiger partial charge in [0, 0.05) is 26.2 Å². The maximum atomic E-state index is 14.0. The second kappa shape index (κ2) is 14.5. The third kappa shape index (κ3) is 8.57. The third-order valence-electron chi connectivity index (χ3n) is 6.82. The molecule has 0 aliphatic carbocycles. The van der Waals surface area contributed by atoms with Gasteiger partial charge < -0.3 is 24.0 Å². The fraction of sp³-hybridized carbons (Fsp3) is 0.464. The fourth-order valence-corrected chi connectivity index (χ4v) is 4.51. The number of piperazine rings is 1. The van der Waals surface area contributed by atoms with E-state index in [-0.39, 0.29) is 32.1 Å². The first-order chi connectivity index (χ1) is 20.6. The van der Waals surface area contributed by atoms with Gasteiger partial charge in [0.2, 0.25) is 11.9 Å². The lowest BCUT2D eigenvalue weighted by molar-refractivity contribution is -0.141. The van der Waals surface area contributed by atoms with Crippen LogP contribution in [0.5, 0.6) is 11.5 Å². The third-order valence-corrected chi connectivity index (χ3v) is 7.01. The second-order valence-corrected chi connectivity index (χ2v) is 10.2. The van der Waals surface area contributed by atoms with Gasteiger partial charge in [-0.15, -0.1) is 0 Å². The molecule has 3 heterocycles. The number of aromatic nitrogens is 4. The molecule has 11 nitrogen and oxygen atoms in total. The summed E-state index contributed by atoms with van der Waals surface area (Å²) in [4.78, 5) is 37.5. The van der Waals surface area contributed by atoms with Crippen LogP contribution in [-0.2, 0) is 22.3 Å². The van der Waals surface area contributed by atoms with Crippen molar-refractivity contribution in [3.8, 4) is 11.5 Å². The normalized spacial score (nSPS) is 14.5. The van der Waals surface area contributed by atoms with E-state index in [4.69, 9.17) is 25.8 Å². The molecular formula is C28H32ClF3N6O5. The van der Waals surface area contributed by atoms with Crippen LogP contribution in [0.1, 0.15) is 30.9 Å². The maximum absolute atomic E-state index is 14.0. The monoisotopic (exact) mass is 624 g/mol. The molecule has 232 valence electrons. The summed E-state index contributed by atoms with van der Waals surface area (Å²) in [5, 5.41) is 4.36. The molecule has 0 spiro atoms. The molecule has 1 fully saturated rings. The van der Waals surface area contributed by atoms with E-state index in [2.05, 4.69) is 15.1 Å². The summed E-state index contributed by atoms with van der Waals surface area (Å²) in [7, 11) is 1.49. The van der Waals surface area contributed by atoms with Gasteiger partial charge in [-0.25, -0.2) is 14.6 Å². The highest BCUT2D eigenvalue weighted by molar-refractivity contribution is 6.30. The topological polar surface area (TPSA) is 112 Å². The Balaban J connectivity index is 1.29. The molecule has 0 N–H and O–H groups in total. The summed E-state index contributed by atoms with van der Waals surface area (Å²) in [5.41, 5.74) is -2.18. The van der Waals surface area contributed by atoms with Crippen LogP contribution in [0.3, 0.4) is 0 Å². The van der Waals surface area contributed by atoms with Gasteiger partial charge in [-0.05, 0) is 24.1 Å². The van der Waals surface area contributed by atoms with Gasteiger partial charge in [0.05, 0.1) is 56.9 Å². The Morgan fingerprint density at radius 1 is 1.07 bits per heavy atom. The fourth-order valence-electron chi connectivity index (χ4n) is 4.41. The van der Waals surface area contributed by atoms with Crippen molar-refractivity contribution in [3.05, 3.63) is 69.4 Å².